The standard InChI is InChI=1S/C12H13BrO3/c1-7-6-8(2-3-10(7)13)11-9(12(14)15)4-5-16-11/h2-3,6,9,11H,4-5H2,1H3,(H,14,15). The quantitative estimate of drug-likeness (QED) is 0.908. The van der Waals surface area contributed by atoms with Crippen LogP contribution < -0.4 is 0 Å². The van der Waals surface area contributed by atoms with Gasteiger partial charge in [0.1, 0.15) is 0 Å². The van der Waals surface area contributed by atoms with Crippen LogP contribution in [0.25, 0.3) is 0 Å². The number of rotatable bonds is 2. The second-order valence-electron chi connectivity index (χ2n) is 4.03. The van der Waals surface area contributed by atoms with E-state index in [-0.39, 0.29) is 6.10 Å². The molecule has 4 heteroatoms. The van der Waals surface area contributed by atoms with Gasteiger partial charge in [0.15, 0.2) is 0 Å². The maximum absolute atomic E-state index is 11.0. The molecule has 1 aliphatic heterocycles. The van der Waals surface area contributed by atoms with Crippen LogP contribution in [0.5, 0.6) is 0 Å². The predicted octanol–water partition coefficient (Wildman–Crippen LogP) is 2.92. The van der Waals surface area contributed by atoms with Gasteiger partial charge in [0.25, 0.3) is 0 Å². The number of hydrogen-bond acceptors (Lipinski definition) is 2. The third kappa shape index (κ3) is 2.13. The highest BCUT2D eigenvalue weighted by Crippen LogP contribution is 2.35. The molecule has 1 aromatic rings. The molecule has 16 heavy (non-hydrogen) atoms. The lowest BCUT2D eigenvalue weighted by molar-refractivity contribution is -0.143. The van der Waals surface area contributed by atoms with Crippen molar-refractivity contribution < 1.29 is 14.6 Å². The largest absolute Gasteiger partial charge is 0.481 e. The van der Waals surface area contributed by atoms with Gasteiger partial charge in [-0.25, -0.2) is 0 Å². The maximum Gasteiger partial charge on any atom is 0.309 e. The second kappa shape index (κ2) is 4.55. The molecular formula is C12H13BrO3. The number of benzene rings is 1. The summed E-state index contributed by atoms with van der Waals surface area (Å²) in [5, 5.41) is 9.08. The van der Waals surface area contributed by atoms with Crippen LogP contribution in [0.1, 0.15) is 23.7 Å². The maximum atomic E-state index is 11.0. The van der Waals surface area contributed by atoms with E-state index in [1.54, 1.807) is 0 Å². The van der Waals surface area contributed by atoms with Crippen LogP contribution in [0.2, 0.25) is 0 Å². The van der Waals surface area contributed by atoms with Gasteiger partial charge in [-0.3, -0.25) is 4.79 Å². The fourth-order valence-corrected chi connectivity index (χ4v) is 2.26. The van der Waals surface area contributed by atoms with Gasteiger partial charge in [0.2, 0.25) is 0 Å². The molecule has 86 valence electrons. The molecule has 1 aliphatic rings. The molecule has 1 heterocycles. The number of aliphatic carboxylic acids is 1. The zero-order valence-corrected chi connectivity index (χ0v) is 10.5. The summed E-state index contributed by atoms with van der Waals surface area (Å²) in [6, 6.07) is 5.84. The van der Waals surface area contributed by atoms with Crippen LogP contribution in [-0.2, 0) is 9.53 Å². The molecule has 1 aromatic carbocycles. The minimum Gasteiger partial charge on any atom is -0.481 e. The minimum absolute atomic E-state index is 0.302. The molecule has 0 bridgehead atoms. The van der Waals surface area contributed by atoms with Crippen molar-refractivity contribution in [2.75, 3.05) is 6.61 Å². The van der Waals surface area contributed by atoms with Crippen LogP contribution in [0.15, 0.2) is 22.7 Å². The van der Waals surface area contributed by atoms with E-state index in [9.17, 15) is 4.79 Å². The number of hydrogen-bond donors (Lipinski definition) is 1. The molecular weight excluding hydrogens is 272 g/mol. The summed E-state index contributed by atoms with van der Waals surface area (Å²) in [7, 11) is 0. The van der Waals surface area contributed by atoms with Crippen LogP contribution in [0.4, 0.5) is 0 Å². The molecule has 2 atom stereocenters. The third-order valence-electron chi connectivity index (χ3n) is 2.92. The predicted molar refractivity (Wildman–Crippen MR) is 63.3 cm³/mol. The van der Waals surface area contributed by atoms with Crippen molar-refractivity contribution in [3.05, 3.63) is 33.8 Å². The summed E-state index contributed by atoms with van der Waals surface area (Å²) in [5.41, 5.74) is 2.04. The summed E-state index contributed by atoms with van der Waals surface area (Å²) in [5.74, 6) is -1.19. The van der Waals surface area contributed by atoms with Crippen molar-refractivity contribution in [1.29, 1.82) is 0 Å². The van der Waals surface area contributed by atoms with Crippen molar-refractivity contribution in [2.45, 2.75) is 19.4 Å². The Kier molecular flexibility index (Phi) is 3.30. The van der Waals surface area contributed by atoms with E-state index in [1.807, 2.05) is 25.1 Å². The van der Waals surface area contributed by atoms with Crippen molar-refractivity contribution in [1.82, 2.24) is 0 Å². The van der Waals surface area contributed by atoms with Crippen LogP contribution >= 0.6 is 15.9 Å². The van der Waals surface area contributed by atoms with E-state index in [2.05, 4.69) is 15.9 Å². The van der Waals surface area contributed by atoms with Gasteiger partial charge >= 0.3 is 5.97 Å². The molecule has 0 aliphatic carbocycles. The van der Waals surface area contributed by atoms with Crippen molar-refractivity contribution in [3.63, 3.8) is 0 Å². The summed E-state index contributed by atoms with van der Waals surface area (Å²) in [6.45, 7) is 2.51. The minimum atomic E-state index is -0.775. The Hall–Kier alpha value is -0.870. The SMILES string of the molecule is Cc1cc(C2OCCC2C(=O)O)ccc1Br. The average molecular weight is 285 g/mol. The van der Waals surface area contributed by atoms with Gasteiger partial charge in [-0.1, -0.05) is 28.1 Å². The van der Waals surface area contributed by atoms with E-state index in [4.69, 9.17) is 9.84 Å². The molecule has 0 radical (unpaired) electrons. The first-order valence-corrected chi connectivity index (χ1v) is 5.99. The molecule has 1 fully saturated rings. The van der Waals surface area contributed by atoms with Gasteiger partial charge in [-0.05, 0) is 30.5 Å². The van der Waals surface area contributed by atoms with Gasteiger partial charge < -0.3 is 9.84 Å². The first-order valence-electron chi connectivity index (χ1n) is 5.20. The summed E-state index contributed by atoms with van der Waals surface area (Å²) < 4.78 is 6.54. The van der Waals surface area contributed by atoms with Crippen LogP contribution in [0.3, 0.4) is 0 Å². The van der Waals surface area contributed by atoms with Crippen LogP contribution in [0, 0.1) is 12.8 Å². The Morgan fingerprint density at radius 3 is 2.94 bits per heavy atom. The average Bonchev–Trinajstić information content (AvgIpc) is 2.71. The highest BCUT2D eigenvalue weighted by atomic mass is 79.9. The summed E-state index contributed by atoms with van der Waals surface area (Å²) in [6.07, 6.45) is 0.291. The highest BCUT2D eigenvalue weighted by molar-refractivity contribution is 9.10. The van der Waals surface area contributed by atoms with Gasteiger partial charge in [-0.2, -0.15) is 0 Å². The van der Waals surface area contributed by atoms with Gasteiger partial charge in [0.05, 0.1) is 12.0 Å². The van der Waals surface area contributed by atoms with Crippen LogP contribution in [-0.4, -0.2) is 17.7 Å². The molecule has 0 amide bonds. The first-order chi connectivity index (χ1) is 7.59. The van der Waals surface area contributed by atoms with E-state index in [1.165, 1.54) is 0 Å². The number of carboxylic acids is 1. The number of carbonyl (C=O) groups is 1. The number of aryl methyl sites for hydroxylation is 1. The van der Waals surface area contributed by atoms with Crippen molar-refractivity contribution in [2.24, 2.45) is 5.92 Å². The highest BCUT2D eigenvalue weighted by Gasteiger charge is 2.35. The molecule has 0 spiro atoms. The summed E-state index contributed by atoms with van der Waals surface area (Å²) >= 11 is 3.42. The van der Waals surface area contributed by atoms with E-state index in [0.717, 1.165) is 15.6 Å². The zero-order chi connectivity index (χ0) is 11.7. The number of halogens is 1. The number of ether oxygens (including phenoxy) is 1. The Morgan fingerprint density at radius 1 is 1.56 bits per heavy atom. The Labute approximate surface area is 103 Å². The molecule has 1 saturated heterocycles. The summed E-state index contributed by atoms with van der Waals surface area (Å²) in [4.78, 5) is 11.0. The zero-order valence-electron chi connectivity index (χ0n) is 8.94. The number of carboxylic acid groups (broad SMARTS) is 1. The van der Waals surface area contributed by atoms with Crippen molar-refractivity contribution in [3.8, 4) is 0 Å². The molecule has 0 saturated carbocycles. The Morgan fingerprint density at radius 2 is 2.31 bits per heavy atom. The fraction of sp³-hybridized carbons (Fsp3) is 0.417. The van der Waals surface area contributed by atoms with Gasteiger partial charge in [0, 0.05) is 11.1 Å². The third-order valence-corrected chi connectivity index (χ3v) is 3.81. The van der Waals surface area contributed by atoms with E-state index in [0.29, 0.717) is 13.0 Å². The van der Waals surface area contributed by atoms with Crippen molar-refractivity contribution >= 4 is 21.9 Å². The lowest BCUT2D eigenvalue weighted by Gasteiger charge is -2.16. The Balaban J connectivity index is 2.29. The first kappa shape index (κ1) is 11.6. The lowest BCUT2D eigenvalue weighted by atomic mass is 9.95. The smallest absolute Gasteiger partial charge is 0.309 e. The molecule has 1 N–H and O–H groups in total. The van der Waals surface area contributed by atoms with E-state index < -0.39 is 11.9 Å². The molecule has 2 rings (SSSR count). The monoisotopic (exact) mass is 284 g/mol. The fourth-order valence-electron chi connectivity index (χ4n) is 2.02. The second-order valence-corrected chi connectivity index (χ2v) is 4.89. The lowest BCUT2D eigenvalue weighted by Crippen LogP contribution is -2.17. The topological polar surface area (TPSA) is 46.5 Å². The molecule has 0 aromatic heterocycles. The molecule has 2 unspecified atom stereocenters. The normalized spacial score (nSPS) is 24.6. The van der Waals surface area contributed by atoms with Gasteiger partial charge in [-0.15, -0.1) is 0 Å². The van der Waals surface area contributed by atoms with E-state index >= 15 is 0 Å². The Bertz CT molecular complexity index is 417. The molecule has 3 nitrogen and oxygen atoms in total.